The number of ether oxygens (including phenoxy) is 1. The first-order valence-electron chi connectivity index (χ1n) is 3.41. The lowest BCUT2D eigenvalue weighted by Gasteiger charge is -2.29. The van der Waals surface area contributed by atoms with Gasteiger partial charge in [0.1, 0.15) is 0 Å². The van der Waals surface area contributed by atoms with Crippen LogP contribution in [0, 0.1) is 12.3 Å². The summed E-state index contributed by atoms with van der Waals surface area (Å²) in [4.78, 5) is 10.7. The molecule has 0 aromatic carbocycles. The molecule has 0 aliphatic rings. The second kappa shape index (κ2) is 4.53. The molecule has 0 N–H and O–H groups in total. The summed E-state index contributed by atoms with van der Waals surface area (Å²) in [5, 5.41) is 0. The molecule has 0 aliphatic heterocycles. The lowest BCUT2D eigenvalue weighted by Crippen LogP contribution is -2.58. The maximum Gasteiger partial charge on any atom is 0.423 e. The van der Waals surface area contributed by atoms with Gasteiger partial charge in [-0.2, -0.15) is 26.3 Å². The molecule has 0 aliphatic carbocycles. The number of alkyl halides is 7. The molecule has 0 fully saturated rings. The Balaban J connectivity index is 5.29. The molecule has 0 bridgehead atoms. The molecule has 2 nitrogen and oxygen atoms in total. The maximum atomic E-state index is 12.2. The second-order valence-electron chi connectivity index (χ2n) is 2.43. The van der Waals surface area contributed by atoms with Crippen LogP contribution in [-0.4, -0.2) is 29.3 Å². The van der Waals surface area contributed by atoms with E-state index in [0.29, 0.717) is 0 Å². The van der Waals surface area contributed by atoms with Gasteiger partial charge in [0.05, 0.1) is 0 Å². The van der Waals surface area contributed by atoms with Gasteiger partial charge in [0, 0.05) is 0 Å². The lowest BCUT2D eigenvalue weighted by molar-refractivity contribution is -0.262. The monoisotopic (exact) mass is 312 g/mol. The molecule has 0 saturated carbocycles. The minimum Gasteiger partial charge on any atom is -0.451 e. The Kier molecular flexibility index (Phi) is 4.27. The van der Waals surface area contributed by atoms with Crippen LogP contribution in [0.5, 0.6) is 0 Å². The molecule has 0 heterocycles. The first-order valence-corrected chi connectivity index (χ1v) is 4.21. The Morgan fingerprint density at radius 1 is 1.19 bits per heavy atom. The van der Waals surface area contributed by atoms with Gasteiger partial charge in [0.25, 0.3) is 0 Å². The van der Waals surface area contributed by atoms with E-state index in [1.807, 2.05) is 0 Å². The molecule has 0 unspecified atom stereocenters. The summed E-state index contributed by atoms with van der Waals surface area (Å²) < 4.78 is 71.8. The number of carbonyl (C=O) groups excluding carboxylic acids is 1. The second-order valence-corrected chi connectivity index (χ2v) is 3.62. The quantitative estimate of drug-likeness (QED) is 0.339. The van der Waals surface area contributed by atoms with E-state index >= 15 is 0 Å². The van der Waals surface area contributed by atoms with Crippen molar-refractivity contribution < 1.29 is 35.9 Å². The third-order valence-electron chi connectivity index (χ3n) is 1.35. The molecule has 16 heavy (non-hydrogen) atoms. The highest BCUT2D eigenvalue weighted by Gasteiger charge is 2.75. The van der Waals surface area contributed by atoms with Crippen molar-refractivity contribution in [2.75, 3.05) is 6.61 Å². The number of rotatable bonds is 2. The van der Waals surface area contributed by atoms with Crippen LogP contribution in [0.25, 0.3) is 0 Å². The van der Waals surface area contributed by atoms with Crippen LogP contribution in [0.4, 0.5) is 26.3 Å². The van der Waals surface area contributed by atoms with Crippen LogP contribution in [0.15, 0.2) is 0 Å². The normalized spacial score (nSPS) is 13.1. The van der Waals surface area contributed by atoms with E-state index in [1.54, 1.807) is 5.92 Å². The Morgan fingerprint density at radius 3 is 1.81 bits per heavy atom. The molecular formula is C7H3BrF6O2. The molecule has 0 amide bonds. The van der Waals surface area contributed by atoms with E-state index in [-0.39, 0.29) is 0 Å². The van der Waals surface area contributed by atoms with Gasteiger partial charge in [-0.25, -0.2) is 4.79 Å². The topological polar surface area (TPSA) is 26.3 Å². The van der Waals surface area contributed by atoms with E-state index in [9.17, 15) is 31.1 Å². The van der Waals surface area contributed by atoms with Gasteiger partial charge in [0.2, 0.25) is 0 Å². The fourth-order valence-electron chi connectivity index (χ4n) is 0.599. The van der Waals surface area contributed by atoms with Crippen molar-refractivity contribution in [3.8, 4) is 12.3 Å². The predicted octanol–water partition coefficient (Wildman–Crippen LogP) is 2.42. The van der Waals surface area contributed by atoms with Crippen molar-refractivity contribution in [2.24, 2.45) is 0 Å². The fraction of sp³-hybridized carbons (Fsp3) is 0.571. The average molecular weight is 313 g/mol. The summed E-state index contributed by atoms with van der Waals surface area (Å²) >= 11 is 1.33. The molecular weight excluding hydrogens is 310 g/mol. The number of terminal acetylenes is 1. The van der Waals surface area contributed by atoms with Crippen molar-refractivity contribution in [3.05, 3.63) is 0 Å². The molecule has 0 atom stereocenters. The van der Waals surface area contributed by atoms with Crippen LogP contribution in [0.2, 0.25) is 0 Å². The highest BCUT2D eigenvalue weighted by Crippen LogP contribution is 2.50. The van der Waals surface area contributed by atoms with Gasteiger partial charge in [-0.3, -0.25) is 0 Å². The van der Waals surface area contributed by atoms with Crippen LogP contribution in [-0.2, 0) is 9.53 Å². The Bertz CT molecular complexity index is 298. The van der Waals surface area contributed by atoms with Gasteiger partial charge in [-0.15, -0.1) is 6.42 Å². The van der Waals surface area contributed by atoms with Crippen LogP contribution < -0.4 is 0 Å². The summed E-state index contributed by atoms with van der Waals surface area (Å²) in [7, 11) is 0. The Labute approximate surface area is 94.1 Å². The standard InChI is InChI=1S/C7H3BrF6O2/c1-2-3-16-4(15)5(8,6(9,10)11)7(12,13)14/h1H,3H2. The zero-order chi connectivity index (χ0) is 13.2. The largest absolute Gasteiger partial charge is 0.451 e. The van der Waals surface area contributed by atoms with E-state index in [2.05, 4.69) is 11.2 Å². The van der Waals surface area contributed by atoms with E-state index < -0.39 is 29.3 Å². The third-order valence-corrected chi connectivity index (χ3v) is 2.57. The third kappa shape index (κ3) is 2.61. The summed E-state index contributed by atoms with van der Waals surface area (Å²) in [5.41, 5.74) is 0. The van der Waals surface area contributed by atoms with Crippen molar-refractivity contribution in [2.45, 2.75) is 16.7 Å². The molecule has 0 aromatic heterocycles. The number of hydrogen-bond donors (Lipinski definition) is 0. The highest BCUT2D eigenvalue weighted by molar-refractivity contribution is 9.10. The minimum atomic E-state index is -5.89. The van der Waals surface area contributed by atoms with Crippen molar-refractivity contribution >= 4 is 21.9 Å². The van der Waals surface area contributed by atoms with E-state index in [4.69, 9.17) is 0 Å². The lowest BCUT2D eigenvalue weighted by atomic mass is 10.1. The van der Waals surface area contributed by atoms with Gasteiger partial charge >= 0.3 is 22.6 Å². The summed E-state index contributed by atoms with van der Waals surface area (Å²) in [6.45, 7) is -0.988. The zero-order valence-corrected chi connectivity index (χ0v) is 8.83. The first kappa shape index (κ1) is 15.1. The number of esters is 1. The van der Waals surface area contributed by atoms with Crippen molar-refractivity contribution in [1.82, 2.24) is 0 Å². The maximum absolute atomic E-state index is 12.2. The van der Waals surface area contributed by atoms with Gasteiger partial charge < -0.3 is 4.74 Å². The van der Waals surface area contributed by atoms with Crippen LogP contribution in [0.1, 0.15) is 0 Å². The van der Waals surface area contributed by atoms with Crippen LogP contribution in [0.3, 0.4) is 0 Å². The smallest absolute Gasteiger partial charge is 0.423 e. The minimum absolute atomic E-state index is 0.988. The van der Waals surface area contributed by atoms with E-state index in [0.717, 1.165) is 0 Å². The van der Waals surface area contributed by atoms with Gasteiger partial charge in [0.15, 0.2) is 6.61 Å². The molecule has 9 heteroatoms. The fourth-order valence-corrected chi connectivity index (χ4v) is 0.713. The molecule has 0 rings (SSSR count). The first-order chi connectivity index (χ1) is 6.98. The average Bonchev–Trinajstić information content (AvgIpc) is 2.08. The number of carbonyl (C=O) groups is 1. The summed E-state index contributed by atoms with van der Waals surface area (Å²) in [6, 6.07) is 0. The zero-order valence-electron chi connectivity index (χ0n) is 7.25. The highest BCUT2D eigenvalue weighted by atomic mass is 79.9. The van der Waals surface area contributed by atoms with Gasteiger partial charge in [-0.05, 0) is 0 Å². The molecule has 0 spiro atoms. The predicted molar refractivity (Wildman–Crippen MR) is 43.6 cm³/mol. The molecule has 92 valence electrons. The van der Waals surface area contributed by atoms with Crippen molar-refractivity contribution in [1.29, 1.82) is 0 Å². The summed E-state index contributed by atoms with van der Waals surface area (Å²) in [6.07, 6.45) is -7.25. The molecule has 0 radical (unpaired) electrons. The Hall–Kier alpha value is -0.910. The van der Waals surface area contributed by atoms with Crippen LogP contribution >= 0.6 is 15.9 Å². The van der Waals surface area contributed by atoms with Crippen molar-refractivity contribution in [3.63, 3.8) is 0 Å². The van der Waals surface area contributed by atoms with Gasteiger partial charge in [-0.1, -0.05) is 21.9 Å². The Morgan fingerprint density at radius 2 is 1.56 bits per heavy atom. The van der Waals surface area contributed by atoms with E-state index in [1.165, 1.54) is 15.9 Å². The number of hydrogen-bond acceptors (Lipinski definition) is 2. The number of halogens is 7. The molecule has 0 saturated heterocycles. The molecule has 0 aromatic rings. The summed E-state index contributed by atoms with van der Waals surface area (Å²) in [5.74, 6) is -0.976. The SMILES string of the molecule is C#CCOC(=O)C(Br)(C(F)(F)F)C(F)(F)F.